The third kappa shape index (κ3) is 10.1. The Labute approximate surface area is 153 Å². The Morgan fingerprint density at radius 3 is 2.36 bits per heavy atom. The van der Waals surface area contributed by atoms with Crippen molar-refractivity contribution in [2.45, 2.75) is 39.5 Å². The van der Waals surface area contributed by atoms with Crippen LogP contribution in [0.3, 0.4) is 0 Å². The lowest BCUT2D eigenvalue weighted by molar-refractivity contribution is 0.0487. The van der Waals surface area contributed by atoms with Crippen LogP contribution in [-0.4, -0.2) is 52.5 Å². The molecule has 0 bridgehead atoms. The SMILES string of the molecule is CCCCOCCOCCNC(=NC)NCC(C)c1ccc(C)cc1. The highest BCUT2D eigenvalue weighted by Gasteiger charge is 2.06. The fraction of sp³-hybridized carbons (Fsp3) is 0.650. The third-order valence-corrected chi connectivity index (χ3v) is 4.00. The molecule has 1 rings (SSSR count). The first-order valence-corrected chi connectivity index (χ1v) is 9.34. The summed E-state index contributed by atoms with van der Waals surface area (Å²) in [7, 11) is 1.79. The topological polar surface area (TPSA) is 54.9 Å². The molecule has 0 aromatic heterocycles. The lowest BCUT2D eigenvalue weighted by Gasteiger charge is -2.16. The predicted molar refractivity (Wildman–Crippen MR) is 106 cm³/mol. The van der Waals surface area contributed by atoms with Gasteiger partial charge in [0.15, 0.2) is 5.96 Å². The van der Waals surface area contributed by atoms with Gasteiger partial charge in [0.2, 0.25) is 0 Å². The van der Waals surface area contributed by atoms with Crippen LogP contribution in [0.15, 0.2) is 29.3 Å². The van der Waals surface area contributed by atoms with Gasteiger partial charge in [0.25, 0.3) is 0 Å². The number of rotatable bonds is 12. The summed E-state index contributed by atoms with van der Waals surface area (Å²) < 4.78 is 11.0. The van der Waals surface area contributed by atoms with Gasteiger partial charge in [-0.2, -0.15) is 0 Å². The van der Waals surface area contributed by atoms with Crippen molar-refractivity contribution in [3.05, 3.63) is 35.4 Å². The van der Waals surface area contributed by atoms with Crippen molar-refractivity contribution in [1.82, 2.24) is 10.6 Å². The van der Waals surface area contributed by atoms with E-state index >= 15 is 0 Å². The van der Waals surface area contributed by atoms with Crippen molar-refractivity contribution < 1.29 is 9.47 Å². The minimum Gasteiger partial charge on any atom is -0.379 e. The number of nitrogens with zero attached hydrogens (tertiary/aromatic N) is 1. The van der Waals surface area contributed by atoms with Gasteiger partial charge in [-0.05, 0) is 24.8 Å². The number of hydrogen-bond acceptors (Lipinski definition) is 3. The fourth-order valence-electron chi connectivity index (χ4n) is 2.29. The van der Waals surface area contributed by atoms with Crippen molar-refractivity contribution >= 4 is 5.96 Å². The molecule has 1 aromatic carbocycles. The van der Waals surface area contributed by atoms with E-state index < -0.39 is 0 Å². The first-order valence-electron chi connectivity index (χ1n) is 9.34. The monoisotopic (exact) mass is 349 g/mol. The zero-order chi connectivity index (χ0) is 18.3. The van der Waals surface area contributed by atoms with Crippen molar-refractivity contribution in [2.75, 3.05) is 46.6 Å². The highest BCUT2D eigenvalue weighted by atomic mass is 16.5. The maximum absolute atomic E-state index is 5.54. The summed E-state index contributed by atoms with van der Waals surface area (Å²) in [5, 5.41) is 6.64. The Morgan fingerprint density at radius 2 is 1.72 bits per heavy atom. The number of unbranched alkanes of at least 4 members (excludes halogenated alkanes) is 1. The summed E-state index contributed by atoms with van der Waals surface area (Å²) in [6.07, 6.45) is 2.28. The van der Waals surface area contributed by atoms with Gasteiger partial charge in [0.05, 0.1) is 19.8 Å². The molecule has 0 spiro atoms. The average Bonchev–Trinajstić information content (AvgIpc) is 2.63. The van der Waals surface area contributed by atoms with E-state index in [2.05, 4.69) is 60.7 Å². The van der Waals surface area contributed by atoms with E-state index in [0.29, 0.717) is 25.7 Å². The molecule has 0 aliphatic heterocycles. The van der Waals surface area contributed by atoms with Gasteiger partial charge in [0, 0.05) is 26.7 Å². The van der Waals surface area contributed by atoms with E-state index in [1.54, 1.807) is 7.05 Å². The summed E-state index contributed by atoms with van der Waals surface area (Å²) in [6, 6.07) is 8.69. The molecule has 1 aromatic rings. The highest BCUT2D eigenvalue weighted by molar-refractivity contribution is 5.79. The van der Waals surface area contributed by atoms with Crippen molar-refractivity contribution in [1.29, 1.82) is 0 Å². The van der Waals surface area contributed by atoms with Crippen LogP contribution < -0.4 is 10.6 Å². The molecule has 25 heavy (non-hydrogen) atoms. The zero-order valence-corrected chi connectivity index (χ0v) is 16.3. The number of aryl methyl sites for hydroxylation is 1. The number of benzene rings is 1. The number of guanidine groups is 1. The molecule has 0 fully saturated rings. The molecule has 142 valence electrons. The Morgan fingerprint density at radius 1 is 1.04 bits per heavy atom. The first kappa shape index (κ1) is 21.5. The van der Waals surface area contributed by atoms with Crippen molar-refractivity contribution in [3.8, 4) is 0 Å². The molecule has 0 saturated carbocycles. The van der Waals surface area contributed by atoms with E-state index in [1.807, 2.05) is 0 Å². The molecule has 5 heteroatoms. The van der Waals surface area contributed by atoms with Gasteiger partial charge in [-0.1, -0.05) is 50.1 Å². The van der Waals surface area contributed by atoms with E-state index in [4.69, 9.17) is 9.47 Å². The van der Waals surface area contributed by atoms with E-state index in [0.717, 1.165) is 32.1 Å². The maximum Gasteiger partial charge on any atom is 0.191 e. The molecular formula is C20H35N3O2. The Balaban J connectivity index is 2.11. The van der Waals surface area contributed by atoms with Gasteiger partial charge < -0.3 is 20.1 Å². The van der Waals surface area contributed by atoms with E-state index in [9.17, 15) is 0 Å². The molecular weight excluding hydrogens is 314 g/mol. The van der Waals surface area contributed by atoms with Crippen molar-refractivity contribution in [3.63, 3.8) is 0 Å². The quantitative estimate of drug-likeness (QED) is 0.346. The second-order valence-electron chi connectivity index (χ2n) is 6.27. The first-order chi connectivity index (χ1) is 12.2. The van der Waals surface area contributed by atoms with Gasteiger partial charge in [-0.15, -0.1) is 0 Å². The zero-order valence-electron chi connectivity index (χ0n) is 16.3. The smallest absolute Gasteiger partial charge is 0.191 e. The second-order valence-corrected chi connectivity index (χ2v) is 6.27. The van der Waals surface area contributed by atoms with Crippen LogP contribution in [0.2, 0.25) is 0 Å². The van der Waals surface area contributed by atoms with Gasteiger partial charge >= 0.3 is 0 Å². The standard InChI is InChI=1S/C20H35N3O2/c1-5-6-12-24-14-15-25-13-11-22-20(21-4)23-16-18(3)19-9-7-17(2)8-10-19/h7-10,18H,5-6,11-16H2,1-4H3,(H2,21,22,23). The van der Waals surface area contributed by atoms with Gasteiger partial charge in [-0.25, -0.2) is 0 Å². The number of nitrogens with one attached hydrogen (secondary N) is 2. The van der Waals surface area contributed by atoms with E-state index in [1.165, 1.54) is 17.5 Å². The molecule has 0 aliphatic rings. The molecule has 1 unspecified atom stereocenters. The molecule has 2 N–H and O–H groups in total. The molecule has 0 aliphatic carbocycles. The Kier molecular flexibility index (Phi) is 11.7. The minimum atomic E-state index is 0.427. The van der Waals surface area contributed by atoms with Crippen LogP contribution in [-0.2, 0) is 9.47 Å². The Hall–Kier alpha value is -1.59. The lowest BCUT2D eigenvalue weighted by atomic mass is 10.0. The highest BCUT2D eigenvalue weighted by Crippen LogP contribution is 2.14. The van der Waals surface area contributed by atoms with Crippen LogP contribution >= 0.6 is 0 Å². The van der Waals surface area contributed by atoms with Crippen LogP contribution in [0, 0.1) is 6.92 Å². The fourth-order valence-corrected chi connectivity index (χ4v) is 2.29. The Bertz CT molecular complexity index is 474. The normalized spacial score (nSPS) is 12.9. The van der Waals surface area contributed by atoms with E-state index in [-0.39, 0.29) is 0 Å². The van der Waals surface area contributed by atoms with Gasteiger partial charge in [0.1, 0.15) is 0 Å². The average molecular weight is 350 g/mol. The third-order valence-electron chi connectivity index (χ3n) is 4.00. The molecule has 0 radical (unpaired) electrons. The van der Waals surface area contributed by atoms with Crippen LogP contribution in [0.1, 0.15) is 43.7 Å². The summed E-state index contributed by atoms with van der Waals surface area (Å²) in [5.74, 6) is 1.23. The van der Waals surface area contributed by atoms with Crippen molar-refractivity contribution in [2.24, 2.45) is 4.99 Å². The lowest BCUT2D eigenvalue weighted by Crippen LogP contribution is -2.40. The van der Waals surface area contributed by atoms with Crippen LogP contribution in [0.25, 0.3) is 0 Å². The summed E-state index contributed by atoms with van der Waals surface area (Å²) in [6.45, 7) is 10.8. The molecule has 0 saturated heterocycles. The predicted octanol–water partition coefficient (Wildman–Crippen LogP) is 3.10. The summed E-state index contributed by atoms with van der Waals surface area (Å²) >= 11 is 0. The molecule has 5 nitrogen and oxygen atoms in total. The number of ether oxygens (including phenoxy) is 2. The summed E-state index contributed by atoms with van der Waals surface area (Å²) in [5.41, 5.74) is 2.62. The minimum absolute atomic E-state index is 0.427. The molecule has 1 atom stereocenters. The maximum atomic E-state index is 5.54. The number of aliphatic imine (C=N–C) groups is 1. The molecule has 0 amide bonds. The van der Waals surface area contributed by atoms with Gasteiger partial charge in [-0.3, -0.25) is 4.99 Å². The second kappa shape index (κ2) is 13.7. The summed E-state index contributed by atoms with van der Waals surface area (Å²) in [4.78, 5) is 4.25. The number of hydrogen-bond donors (Lipinski definition) is 2. The van der Waals surface area contributed by atoms with Crippen LogP contribution in [0.5, 0.6) is 0 Å². The largest absolute Gasteiger partial charge is 0.379 e. The molecule has 0 heterocycles. The van der Waals surface area contributed by atoms with Crippen LogP contribution in [0.4, 0.5) is 0 Å².